The number of hydrogen-bond donors (Lipinski definition) is 3. The van der Waals surface area contributed by atoms with Crippen LogP contribution in [-0.4, -0.2) is 20.4 Å². The number of aryl methyl sites for hydroxylation is 1. The number of carbonyl (C=O) groups excluding carboxylic acids is 1. The summed E-state index contributed by atoms with van der Waals surface area (Å²) in [5.41, 5.74) is 6.41. The average Bonchev–Trinajstić information content (AvgIpc) is 2.17. The Balaban J connectivity index is 0.00000324. The number of carbonyl (C=O) groups is 1. The Morgan fingerprint density at radius 2 is 2.00 bits per heavy atom. The summed E-state index contributed by atoms with van der Waals surface area (Å²) in [6.07, 6.45) is 0.165. The molecule has 6 nitrogen and oxygen atoms in total. The van der Waals surface area contributed by atoms with Crippen molar-refractivity contribution in [1.29, 1.82) is 0 Å². The van der Waals surface area contributed by atoms with Gasteiger partial charge in [0.1, 0.15) is 0 Å². The van der Waals surface area contributed by atoms with E-state index in [2.05, 4.69) is 5.32 Å². The van der Waals surface area contributed by atoms with Crippen LogP contribution in [-0.2, 0) is 14.8 Å². The van der Waals surface area contributed by atoms with Gasteiger partial charge < -0.3 is 11.1 Å². The van der Waals surface area contributed by atoms with Crippen LogP contribution >= 0.6 is 12.4 Å². The molecule has 0 heterocycles. The highest BCUT2D eigenvalue weighted by atomic mass is 35.5. The molecule has 1 unspecified atom stereocenters. The third-order valence-corrected chi connectivity index (χ3v) is 3.34. The standard InChI is InChI=1S/C11H17N3O3S.ClH/c1-7-3-4-9(6-10(7)18(13,16)17)14-11(15)5-8(2)12;/h3-4,6,8H,5,12H2,1-2H3,(H,14,15)(H2,13,16,17);1H. The fourth-order valence-corrected chi connectivity index (χ4v) is 2.30. The number of primary sulfonamides is 1. The van der Waals surface area contributed by atoms with E-state index in [1.807, 2.05) is 0 Å². The first-order chi connectivity index (χ1) is 8.20. The van der Waals surface area contributed by atoms with Crippen LogP contribution < -0.4 is 16.2 Å². The Morgan fingerprint density at radius 3 is 2.47 bits per heavy atom. The molecule has 1 aromatic rings. The molecule has 108 valence electrons. The van der Waals surface area contributed by atoms with E-state index in [0.717, 1.165) is 0 Å². The van der Waals surface area contributed by atoms with Gasteiger partial charge in [0.05, 0.1) is 4.90 Å². The van der Waals surface area contributed by atoms with Crippen LogP contribution in [0.5, 0.6) is 0 Å². The fourth-order valence-electron chi connectivity index (χ4n) is 1.49. The number of amides is 1. The normalized spacial score (nSPS) is 12.4. The van der Waals surface area contributed by atoms with Gasteiger partial charge in [0.2, 0.25) is 15.9 Å². The molecule has 1 aromatic carbocycles. The van der Waals surface area contributed by atoms with Gasteiger partial charge in [-0.1, -0.05) is 6.07 Å². The SMILES string of the molecule is Cc1ccc(NC(=O)CC(C)N)cc1S(N)(=O)=O.Cl. The smallest absolute Gasteiger partial charge is 0.238 e. The first-order valence-electron chi connectivity index (χ1n) is 5.39. The summed E-state index contributed by atoms with van der Waals surface area (Å²) in [6.45, 7) is 3.35. The summed E-state index contributed by atoms with van der Waals surface area (Å²) < 4.78 is 22.6. The van der Waals surface area contributed by atoms with Crippen LogP contribution in [0.4, 0.5) is 5.69 Å². The highest BCUT2D eigenvalue weighted by molar-refractivity contribution is 7.89. The van der Waals surface area contributed by atoms with Crippen LogP contribution in [0.2, 0.25) is 0 Å². The molecular weight excluding hydrogens is 290 g/mol. The predicted molar refractivity (Wildman–Crippen MR) is 76.7 cm³/mol. The molecule has 1 amide bonds. The quantitative estimate of drug-likeness (QED) is 0.760. The highest BCUT2D eigenvalue weighted by Crippen LogP contribution is 2.19. The molecule has 0 aromatic heterocycles. The molecule has 0 aliphatic heterocycles. The first kappa shape index (κ1) is 17.8. The number of rotatable bonds is 4. The van der Waals surface area contributed by atoms with Crippen molar-refractivity contribution in [3.8, 4) is 0 Å². The summed E-state index contributed by atoms with van der Waals surface area (Å²) in [7, 11) is -3.79. The van der Waals surface area contributed by atoms with Crippen LogP contribution in [0, 0.1) is 6.92 Å². The van der Waals surface area contributed by atoms with Crippen molar-refractivity contribution in [3.05, 3.63) is 23.8 Å². The summed E-state index contributed by atoms with van der Waals surface area (Å²) in [6, 6.07) is 4.28. The van der Waals surface area contributed by atoms with Gasteiger partial charge in [0.15, 0.2) is 0 Å². The van der Waals surface area contributed by atoms with Crippen LogP contribution in [0.3, 0.4) is 0 Å². The lowest BCUT2D eigenvalue weighted by atomic mass is 10.2. The van der Waals surface area contributed by atoms with Gasteiger partial charge in [-0.3, -0.25) is 4.79 Å². The van der Waals surface area contributed by atoms with Crippen molar-refractivity contribution in [3.63, 3.8) is 0 Å². The van der Waals surface area contributed by atoms with Crippen LogP contribution in [0.1, 0.15) is 18.9 Å². The number of nitrogens with one attached hydrogen (secondary N) is 1. The zero-order valence-electron chi connectivity index (χ0n) is 10.7. The maximum absolute atomic E-state index is 11.5. The number of benzene rings is 1. The molecule has 1 atom stereocenters. The third-order valence-electron chi connectivity index (χ3n) is 2.29. The lowest BCUT2D eigenvalue weighted by Crippen LogP contribution is -2.24. The van der Waals surface area contributed by atoms with E-state index in [1.165, 1.54) is 6.07 Å². The van der Waals surface area contributed by atoms with E-state index < -0.39 is 10.0 Å². The lowest BCUT2D eigenvalue weighted by molar-refractivity contribution is -0.116. The van der Waals surface area contributed by atoms with E-state index in [0.29, 0.717) is 11.3 Å². The minimum Gasteiger partial charge on any atom is -0.327 e. The number of nitrogens with two attached hydrogens (primary N) is 2. The summed E-state index contributed by atoms with van der Waals surface area (Å²) in [5.74, 6) is -0.269. The van der Waals surface area contributed by atoms with Gasteiger partial charge in [-0.2, -0.15) is 0 Å². The van der Waals surface area contributed by atoms with Crippen molar-refractivity contribution in [1.82, 2.24) is 0 Å². The Bertz CT molecular complexity index is 558. The van der Waals surface area contributed by atoms with Crippen molar-refractivity contribution in [2.24, 2.45) is 10.9 Å². The number of sulfonamides is 1. The maximum atomic E-state index is 11.5. The zero-order valence-corrected chi connectivity index (χ0v) is 12.3. The molecule has 0 aliphatic carbocycles. The van der Waals surface area contributed by atoms with Crippen LogP contribution in [0.25, 0.3) is 0 Å². The van der Waals surface area contributed by atoms with Gasteiger partial charge in [0, 0.05) is 18.2 Å². The molecule has 0 spiro atoms. The molecule has 0 fully saturated rings. The highest BCUT2D eigenvalue weighted by Gasteiger charge is 2.13. The second-order valence-electron chi connectivity index (χ2n) is 4.25. The monoisotopic (exact) mass is 307 g/mol. The Kier molecular flexibility index (Phi) is 6.44. The van der Waals surface area contributed by atoms with Crippen molar-refractivity contribution in [2.75, 3.05) is 5.32 Å². The van der Waals surface area contributed by atoms with Gasteiger partial charge in [-0.15, -0.1) is 12.4 Å². The molecule has 0 aliphatic rings. The molecule has 0 bridgehead atoms. The van der Waals surface area contributed by atoms with E-state index >= 15 is 0 Å². The maximum Gasteiger partial charge on any atom is 0.238 e. The van der Waals surface area contributed by atoms with Gasteiger partial charge in [-0.05, 0) is 31.5 Å². The number of hydrogen-bond acceptors (Lipinski definition) is 4. The second kappa shape index (κ2) is 6.85. The predicted octanol–water partition coefficient (Wildman–Crippen LogP) is 0.740. The van der Waals surface area contributed by atoms with E-state index in [-0.39, 0.29) is 35.7 Å². The Morgan fingerprint density at radius 1 is 1.42 bits per heavy atom. The average molecular weight is 308 g/mol. The van der Waals surface area contributed by atoms with Crippen LogP contribution in [0.15, 0.2) is 23.1 Å². The first-order valence-corrected chi connectivity index (χ1v) is 6.93. The molecule has 0 saturated carbocycles. The number of anilines is 1. The Labute approximate surface area is 119 Å². The molecule has 0 radical (unpaired) electrons. The second-order valence-corrected chi connectivity index (χ2v) is 5.78. The van der Waals surface area contributed by atoms with Crippen molar-refractivity contribution >= 4 is 34.0 Å². The lowest BCUT2D eigenvalue weighted by Gasteiger charge is -2.10. The molecule has 19 heavy (non-hydrogen) atoms. The third kappa shape index (κ3) is 5.56. The van der Waals surface area contributed by atoms with Crippen molar-refractivity contribution in [2.45, 2.75) is 31.2 Å². The summed E-state index contributed by atoms with van der Waals surface area (Å²) in [5, 5.41) is 7.65. The van der Waals surface area contributed by atoms with Crippen molar-refractivity contribution < 1.29 is 13.2 Å². The summed E-state index contributed by atoms with van der Waals surface area (Å²) in [4.78, 5) is 11.5. The minimum absolute atomic E-state index is 0. The largest absolute Gasteiger partial charge is 0.327 e. The topological polar surface area (TPSA) is 115 Å². The van der Waals surface area contributed by atoms with E-state index in [9.17, 15) is 13.2 Å². The number of halogens is 1. The molecule has 5 N–H and O–H groups in total. The molecule has 8 heteroatoms. The minimum atomic E-state index is -3.79. The van der Waals surface area contributed by atoms with Gasteiger partial charge >= 0.3 is 0 Å². The van der Waals surface area contributed by atoms with Gasteiger partial charge in [0.25, 0.3) is 0 Å². The molecular formula is C11H18ClN3O3S. The van der Waals surface area contributed by atoms with E-state index in [4.69, 9.17) is 10.9 Å². The fraction of sp³-hybridized carbons (Fsp3) is 0.364. The molecule has 0 saturated heterocycles. The molecule has 1 rings (SSSR count). The summed E-state index contributed by atoms with van der Waals surface area (Å²) >= 11 is 0. The van der Waals surface area contributed by atoms with E-state index in [1.54, 1.807) is 26.0 Å². The Hall–Kier alpha value is -1.15. The van der Waals surface area contributed by atoms with Gasteiger partial charge in [-0.25, -0.2) is 13.6 Å². The zero-order chi connectivity index (χ0) is 13.9.